The fourth-order valence-corrected chi connectivity index (χ4v) is 6.51. The molecule has 0 saturated heterocycles. The van der Waals surface area contributed by atoms with Gasteiger partial charge in [-0.3, -0.25) is 4.79 Å². The topological polar surface area (TPSA) is 126 Å². The monoisotopic (exact) mass is 673 g/mol. The first-order valence-electron chi connectivity index (χ1n) is 19.9. The standard InChI is InChI=1S/C39H76O8/c1-4-6-8-10-12-14-16-17-19-21-23-25-27-34(40)47-33(31-46-39-37(43)35(41)36(42)38(39)44)30-45-29-28-32(3)26-24-22-20-18-15-13-11-9-7-5-2/h32-33,35-39,41-44H,4-31H2,1-3H3/t32?,33?,35-,36+,37-,38+,39?. The van der Waals surface area contributed by atoms with Crippen molar-refractivity contribution in [1.82, 2.24) is 0 Å². The van der Waals surface area contributed by atoms with Crippen LogP contribution in [0, 0.1) is 5.92 Å². The molecule has 0 aromatic carbocycles. The Hall–Kier alpha value is -0.770. The first kappa shape index (κ1) is 44.3. The maximum absolute atomic E-state index is 12.7. The number of carbonyl (C=O) groups excluding carboxylic acids is 1. The van der Waals surface area contributed by atoms with Gasteiger partial charge in [0.15, 0.2) is 0 Å². The van der Waals surface area contributed by atoms with Crippen LogP contribution in [-0.2, 0) is 19.0 Å². The number of hydrogen-bond acceptors (Lipinski definition) is 8. The number of aliphatic hydroxyl groups excluding tert-OH is 4. The molecule has 1 aliphatic rings. The van der Waals surface area contributed by atoms with Crippen LogP contribution in [0.5, 0.6) is 0 Å². The number of carbonyl (C=O) groups is 1. The molecule has 3 unspecified atom stereocenters. The lowest BCUT2D eigenvalue weighted by Gasteiger charge is -2.24. The molecule has 0 amide bonds. The molecule has 47 heavy (non-hydrogen) atoms. The Morgan fingerprint density at radius 1 is 0.553 bits per heavy atom. The Morgan fingerprint density at radius 3 is 1.45 bits per heavy atom. The first-order chi connectivity index (χ1) is 22.8. The van der Waals surface area contributed by atoms with Crippen molar-refractivity contribution in [1.29, 1.82) is 0 Å². The van der Waals surface area contributed by atoms with Crippen LogP contribution in [0.3, 0.4) is 0 Å². The molecule has 1 saturated carbocycles. The zero-order valence-electron chi connectivity index (χ0n) is 30.8. The average Bonchev–Trinajstić information content (AvgIpc) is 3.24. The van der Waals surface area contributed by atoms with Crippen molar-refractivity contribution in [2.75, 3.05) is 19.8 Å². The van der Waals surface area contributed by atoms with Gasteiger partial charge < -0.3 is 34.6 Å². The summed E-state index contributed by atoms with van der Waals surface area (Å²) in [6, 6.07) is 0. The molecule has 1 rings (SSSR count). The van der Waals surface area contributed by atoms with Crippen LogP contribution < -0.4 is 0 Å². The number of rotatable bonds is 33. The van der Waals surface area contributed by atoms with Crippen LogP contribution >= 0.6 is 0 Å². The van der Waals surface area contributed by atoms with Gasteiger partial charge in [0.2, 0.25) is 0 Å². The van der Waals surface area contributed by atoms with Crippen molar-refractivity contribution in [3.63, 3.8) is 0 Å². The molecule has 0 aliphatic heterocycles. The highest BCUT2D eigenvalue weighted by Crippen LogP contribution is 2.25. The Bertz CT molecular complexity index is 692. The van der Waals surface area contributed by atoms with E-state index in [2.05, 4.69) is 20.8 Å². The van der Waals surface area contributed by atoms with Gasteiger partial charge in [-0.2, -0.15) is 0 Å². The number of hydrogen-bond donors (Lipinski definition) is 4. The highest BCUT2D eigenvalue weighted by Gasteiger charge is 2.49. The molecule has 8 nitrogen and oxygen atoms in total. The third kappa shape index (κ3) is 22.5. The predicted octanol–water partition coefficient (Wildman–Crippen LogP) is 8.19. The molecule has 1 aliphatic carbocycles. The van der Waals surface area contributed by atoms with Crippen molar-refractivity contribution in [3.05, 3.63) is 0 Å². The van der Waals surface area contributed by atoms with Crippen LogP contribution in [0.15, 0.2) is 0 Å². The minimum atomic E-state index is -1.49. The summed E-state index contributed by atoms with van der Waals surface area (Å²) in [5.74, 6) is 0.245. The predicted molar refractivity (Wildman–Crippen MR) is 190 cm³/mol. The van der Waals surface area contributed by atoms with Crippen molar-refractivity contribution in [2.24, 2.45) is 5.92 Å². The molecular weight excluding hydrogens is 596 g/mol. The van der Waals surface area contributed by atoms with Crippen LogP contribution in [0.25, 0.3) is 0 Å². The highest BCUT2D eigenvalue weighted by molar-refractivity contribution is 5.69. The van der Waals surface area contributed by atoms with E-state index in [0.717, 1.165) is 25.7 Å². The SMILES string of the molecule is CCCCCCCCCCCCCCC(=O)OC(COCCC(C)CCCCCCCCCCCC)COC1[C@@H](O)[C@@H](O)[C@@H](O)[C@H]1O. The summed E-state index contributed by atoms with van der Waals surface area (Å²) in [7, 11) is 0. The quantitative estimate of drug-likeness (QED) is 0.0406. The molecule has 0 bridgehead atoms. The zero-order valence-corrected chi connectivity index (χ0v) is 30.8. The van der Waals surface area contributed by atoms with Crippen molar-refractivity contribution < 1.29 is 39.4 Å². The van der Waals surface area contributed by atoms with Crippen LogP contribution in [0.2, 0.25) is 0 Å². The minimum absolute atomic E-state index is 0.101. The van der Waals surface area contributed by atoms with E-state index >= 15 is 0 Å². The summed E-state index contributed by atoms with van der Waals surface area (Å²) in [5.41, 5.74) is 0. The van der Waals surface area contributed by atoms with Crippen LogP contribution in [-0.4, -0.2) is 82.8 Å². The smallest absolute Gasteiger partial charge is 0.306 e. The largest absolute Gasteiger partial charge is 0.457 e. The number of ether oxygens (including phenoxy) is 3. The summed E-state index contributed by atoms with van der Waals surface area (Å²) in [6.07, 6.45) is 22.8. The summed E-state index contributed by atoms with van der Waals surface area (Å²) in [5, 5.41) is 40.1. The van der Waals surface area contributed by atoms with E-state index in [1.54, 1.807) is 0 Å². The molecule has 280 valence electrons. The molecule has 0 heterocycles. The second kappa shape index (κ2) is 30.1. The van der Waals surface area contributed by atoms with E-state index < -0.39 is 36.6 Å². The lowest BCUT2D eigenvalue weighted by Crippen LogP contribution is -2.39. The van der Waals surface area contributed by atoms with Crippen molar-refractivity contribution >= 4 is 5.97 Å². The van der Waals surface area contributed by atoms with Crippen molar-refractivity contribution in [2.45, 2.75) is 218 Å². The van der Waals surface area contributed by atoms with E-state index in [-0.39, 0.29) is 19.2 Å². The van der Waals surface area contributed by atoms with Gasteiger partial charge in [0.25, 0.3) is 0 Å². The Kier molecular flexibility index (Phi) is 28.3. The minimum Gasteiger partial charge on any atom is -0.457 e. The molecule has 0 spiro atoms. The molecule has 0 aromatic heterocycles. The molecule has 1 fully saturated rings. The maximum atomic E-state index is 12.7. The molecular formula is C39H76O8. The fraction of sp³-hybridized carbons (Fsp3) is 0.974. The van der Waals surface area contributed by atoms with E-state index in [0.29, 0.717) is 18.9 Å². The molecule has 0 radical (unpaired) electrons. The second-order valence-corrected chi connectivity index (χ2v) is 14.5. The summed E-state index contributed by atoms with van der Waals surface area (Å²) < 4.78 is 17.3. The van der Waals surface area contributed by atoms with Gasteiger partial charge >= 0.3 is 5.97 Å². The fourth-order valence-electron chi connectivity index (χ4n) is 6.51. The molecule has 4 N–H and O–H groups in total. The van der Waals surface area contributed by atoms with Gasteiger partial charge in [0.1, 0.15) is 36.6 Å². The summed E-state index contributed by atoms with van der Waals surface area (Å²) in [4.78, 5) is 12.7. The van der Waals surface area contributed by atoms with E-state index in [4.69, 9.17) is 14.2 Å². The third-order valence-electron chi connectivity index (χ3n) is 9.84. The lowest BCUT2D eigenvalue weighted by molar-refractivity contribution is -0.163. The Labute approximate surface area is 288 Å². The molecule has 0 aromatic rings. The van der Waals surface area contributed by atoms with Gasteiger partial charge in [-0.15, -0.1) is 0 Å². The normalized spacial score (nSPS) is 22.5. The van der Waals surface area contributed by atoms with Crippen LogP contribution in [0.1, 0.15) is 181 Å². The zero-order chi connectivity index (χ0) is 34.5. The number of unbranched alkanes of at least 4 members (excludes halogenated alkanes) is 20. The number of esters is 1. The van der Waals surface area contributed by atoms with E-state index in [1.807, 2.05) is 0 Å². The average molecular weight is 673 g/mol. The van der Waals surface area contributed by atoms with Gasteiger partial charge in [0.05, 0.1) is 13.2 Å². The Balaban J connectivity index is 2.29. The first-order valence-corrected chi connectivity index (χ1v) is 19.9. The van der Waals surface area contributed by atoms with Gasteiger partial charge in [-0.1, -0.05) is 162 Å². The Morgan fingerprint density at radius 2 is 0.979 bits per heavy atom. The lowest BCUT2D eigenvalue weighted by atomic mass is 9.99. The van der Waals surface area contributed by atoms with Gasteiger partial charge in [0, 0.05) is 13.0 Å². The molecule has 8 heteroatoms. The van der Waals surface area contributed by atoms with Gasteiger partial charge in [-0.05, 0) is 18.8 Å². The number of aliphatic hydroxyl groups is 4. The van der Waals surface area contributed by atoms with Crippen molar-refractivity contribution in [3.8, 4) is 0 Å². The van der Waals surface area contributed by atoms with Crippen LogP contribution in [0.4, 0.5) is 0 Å². The summed E-state index contributed by atoms with van der Waals surface area (Å²) in [6.45, 7) is 7.37. The summed E-state index contributed by atoms with van der Waals surface area (Å²) >= 11 is 0. The maximum Gasteiger partial charge on any atom is 0.306 e. The third-order valence-corrected chi connectivity index (χ3v) is 9.84. The van der Waals surface area contributed by atoms with E-state index in [1.165, 1.54) is 128 Å². The highest BCUT2D eigenvalue weighted by atomic mass is 16.6. The van der Waals surface area contributed by atoms with E-state index in [9.17, 15) is 25.2 Å². The van der Waals surface area contributed by atoms with Gasteiger partial charge in [-0.25, -0.2) is 0 Å². The molecule has 7 atom stereocenters. The second-order valence-electron chi connectivity index (χ2n) is 14.5.